The number of carbonyl (C=O) groups is 1. The molecule has 1 amide bonds. The van der Waals surface area contributed by atoms with Gasteiger partial charge in [-0.25, -0.2) is 9.37 Å². The Hall–Kier alpha value is -3.30. The lowest BCUT2D eigenvalue weighted by atomic mass is 10.0. The summed E-state index contributed by atoms with van der Waals surface area (Å²) in [6, 6.07) is 6.16. The van der Waals surface area contributed by atoms with E-state index < -0.39 is 24.0 Å². The Bertz CT molecular complexity index is 933. The third-order valence-corrected chi connectivity index (χ3v) is 4.28. The minimum absolute atomic E-state index is 0.0149. The molecule has 10 heteroatoms. The Kier molecular flexibility index (Phi) is 5.62. The fourth-order valence-corrected chi connectivity index (χ4v) is 2.98. The van der Waals surface area contributed by atoms with Gasteiger partial charge in [0.15, 0.2) is 17.4 Å². The molecule has 29 heavy (non-hydrogen) atoms. The highest BCUT2D eigenvalue weighted by Gasteiger charge is 2.32. The number of benzene rings is 1. The van der Waals surface area contributed by atoms with E-state index in [0.29, 0.717) is 29.3 Å². The third-order valence-electron chi connectivity index (χ3n) is 4.28. The predicted molar refractivity (Wildman–Crippen MR) is 98.6 cm³/mol. The molecule has 1 aliphatic rings. The van der Waals surface area contributed by atoms with Gasteiger partial charge in [0.25, 0.3) is 0 Å². The first kappa shape index (κ1) is 20.4. The molecule has 0 bridgehead atoms. The fourth-order valence-electron chi connectivity index (χ4n) is 2.98. The average Bonchev–Trinajstić information content (AvgIpc) is 2.65. The van der Waals surface area contributed by atoms with Crippen molar-refractivity contribution in [3.63, 3.8) is 0 Å². The second-order valence-electron chi connectivity index (χ2n) is 6.30. The van der Waals surface area contributed by atoms with Gasteiger partial charge < -0.3 is 20.3 Å². The molecule has 1 atom stereocenters. The van der Waals surface area contributed by atoms with Crippen LogP contribution in [0.4, 0.5) is 29.1 Å². The van der Waals surface area contributed by atoms with Gasteiger partial charge in [-0.1, -0.05) is 19.6 Å². The molecule has 2 N–H and O–H groups in total. The first-order chi connectivity index (χ1) is 13.7. The van der Waals surface area contributed by atoms with Crippen molar-refractivity contribution in [1.29, 1.82) is 0 Å². The summed E-state index contributed by atoms with van der Waals surface area (Å²) in [6.07, 6.45) is -2.93. The van der Waals surface area contributed by atoms with Gasteiger partial charge in [0.2, 0.25) is 5.91 Å². The lowest BCUT2D eigenvalue weighted by Crippen LogP contribution is -2.42. The van der Waals surface area contributed by atoms with E-state index in [4.69, 9.17) is 0 Å². The first-order valence-corrected chi connectivity index (χ1v) is 8.71. The number of hydrogen-bond acceptors (Lipinski definition) is 5. The lowest BCUT2D eigenvalue weighted by Gasteiger charge is -2.33. The summed E-state index contributed by atoms with van der Waals surface area (Å²) in [5.41, 5.74) is 0.933. The molecular weight excluding hydrogens is 392 g/mol. The molecule has 0 fully saturated rings. The number of ether oxygens (including phenoxy) is 1. The van der Waals surface area contributed by atoms with Crippen LogP contribution in [0.25, 0.3) is 0 Å². The van der Waals surface area contributed by atoms with Crippen molar-refractivity contribution in [3.05, 3.63) is 60.3 Å². The number of amides is 1. The van der Waals surface area contributed by atoms with Crippen molar-refractivity contribution in [1.82, 2.24) is 10.3 Å². The van der Waals surface area contributed by atoms with E-state index in [0.717, 1.165) is 12.1 Å². The number of rotatable bonds is 6. The van der Waals surface area contributed by atoms with E-state index in [1.807, 2.05) is 6.92 Å². The second kappa shape index (κ2) is 7.98. The number of aromatic nitrogens is 1. The summed E-state index contributed by atoms with van der Waals surface area (Å²) in [6.45, 7) is 5.74. The smallest absolute Gasteiger partial charge is 0.403 e. The highest BCUT2D eigenvalue weighted by molar-refractivity contribution is 6.00. The Morgan fingerprint density at radius 3 is 2.83 bits per heavy atom. The largest absolute Gasteiger partial charge is 0.573 e. The molecular formula is C19H18F4N4O2. The zero-order valence-corrected chi connectivity index (χ0v) is 15.4. The summed E-state index contributed by atoms with van der Waals surface area (Å²) < 4.78 is 54.7. The number of anilines is 2. The molecule has 6 nitrogen and oxygen atoms in total. The maximum Gasteiger partial charge on any atom is 0.573 e. The second-order valence-corrected chi connectivity index (χ2v) is 6.30. The van der Waals surface area contributed by atoms with E-state index in [-0.39, 0.29) is 12.5 Å². The van der Waals surface area contributed by atoms with Gasteiger partial charge in [0.05, 0.1) is 11.7 Å². The molecule has 1 aromatic carbocycles. The molecule has 0 spiro atoms. The Balaban J connectivity index is 1.79. The van der Waals surface area contributed by atoms with Gasteiger partial charge in [-0.15, -0.1) is 13.2 Å². The van der Waals surface area contributed by atoms with Crippen molar-refractivity contribution in [3.8, 4) is 5.75 Å². The standard InChI is InChI=1S/C19H18F4N4O2/c1-3-14(12-6-7-16(13(20)9-12)29-19(21,22)23)25-11(2)27-10-17(28)26-15-5-4-8-24-18(15)27/h4-9,14,25H,2-3,10H2,1H3,(H,26,28). The Labute approximate surface area is 164 Å². The number of carbonyl (C=O) groups excluding carboxylic acids is 1. The maximum absolute atomic E-state index is 14.1. The lowest BCUT2D eigenvalue weighted by molar-refractivity contribution is -0.275. The molecule has 0 saturated heterocycles. The molecule has 1 aromatic heterocycles. The number of halogens is 4. The van der Waals surface area contributed by atoms with Crippen molar-refractivity contribution >= 4 is 17.4 Å². The van der Waals surface area contributed by atoms with E-state index in [2.05, 4.69) is 26.9 Å². The molecule has 2 aromatic rings. The first-order valence-electron chi connectivity index (χ1n) is 8.71. The highest BCUT2D eigenvalue weighted by Crippen LogP contribution is 2.31. The molecule has 154 valence electrons. The minimum atomic E-state index is -4.98. The van der Waals surface area contributed by atoms with Crippen LogP contribution in [0.5, 0.6) is 5.75 Å². The summed E-state index contributed by atoms with van der Waals surface area (Å²) in [5, 5.41) is 5.80. The zero-order chi connectivity index (χ0) is 21.2. The predicted octanol–water partition coefficient (Wildman–Crippen LogP) is 4.09. The van der Waals surface area contributed by atoms with Crippen LogP contribution in [0.3, 0.4) is 0 Å². The molecule has 2 heterocycles. The van der Waals surface area contributed by atoms with E-state index in [1.54, 1.807) is 23.2 Å². The Morgan fingerprint density at radius 2 is 2.17 bits per heavy atom. The van der Waals surface area contributed by atoms with Gasteiger partial charge in [0, 0.05) is 6.20 Å². The summed E-state index contributed by atoms with van der Waals surface area (Å²) in [7, 11) is 0. The number of pyridine rings is 1. The topological polar surface area (TPSA) is 66.5 Å². The van der Waals surface area contributed by atoms with Gasteiger partial charge in [-0.05, 0) is 36.2 Å². The molecule has 1 unspecified atom stereocenters. The molecule has 1 aliphatic heterocycles. The number of hydrogen-bond donors (Lipinski definition) is 2. The van der Waals surface area contributed by atoms with Crippen molar-refractivity contribution in [2.75, 3.05) is 16.8 Å². The van der Waals surface area contributed by atoms with Crippen LogP contribution in [0.15, 0.2) is 48.9 Å². The van der Waals surface area contributed by atoms with E-state index in [1.165, 1.54) is 6.07 Å². The fraction of sp³-hybridized carbons (Fsp3) is 0.263. The van der Waals surface area contributed by atoms with Crippen LogP contribution in [0.1, 0.15) is 24.9 Å². The average molecular weight is 410 g/mol. The summed E-state index contributed by atoms with van der Waals surface area (Å²) in [5.74, 6) is -1.43. The monoisotopic (exact) mass is 410 g/mol. The highest BCUT2D eigenvalue weighted by atomic mass is 19.4. The van der Waals surface area contributed by atoms with Gasteiger partial charge in [-0.2, -0.15) is 0 Å². The maximum atomic E-state index is 14.1. The van der Waals surface area contributed by atoms with Crippen LogP contribution in [0, 0.1) is 5.82 Å². The van der Waals surface area contributed by atoms with Crippen LogP contribution in [-0.2, 0) is 4.79 Å². The van der Waals surface area contributed by atoms with Crippen LogP contribution in [-0.4, -0.2) is 23.8 Å². The van der Waals surface area contributed by atoms with Gasteiger partial charge >= 0.3 is 6.36 Å². The van der Waals surface area contributed by atoms with Crippen molar-refractivity contribution in [2.24, 2.45) is 0 Å². The van der Waals surface area contributed by atoms with Gasteiger partial charge in [-0.3, -0.25) is 4.79 Å². The number of nitrogens with one attached hydrogen (secondary N) is 2. The van der Waals surface area contributed by atoms with Crippen LogP contribution < -0.4 is 20.3 Å². The van der Waals surface area contributed by atoms with Crippen molar-refractivity contribution < 1.29 is 27.1 Å². The number of nitrogens with zero attached hydrogens (tertiary/aromatic N) is 2. The molecule has 3 rings (SSSR count). The Morgan fingerprint density at radius 1 is 1.41 bits per heavy atom. The van der Waals surface area contributed by atoms with E-state index >= 15 is 0 Å². The molecule has 0 radical (unpaired) electrons. The SMILES string of the molecule is C=C(NC(CC)c1ccc(OC(F)(F)F)c(F)c1)N1CC(=O)Nc2cccnc21. The normalized spacial score (nSPS) is 14.7. The van der Waals surface area contributed by atoms with Crippen molar-refractivity contribution in [2.45, 2.75) is 25.7 Å². The molecule has 0 aliphatic carbocycles. The van der Waals surface area contributed by atoms with Crippen LogP contribution >= 0.6 is 0 Å². The van der Waals surface area contributed by atoms with Crippen LogP contribution in [0.2, 0.25) is 0 Å². The number of alkyl halides is 3. The summed E-state index contributed by atoms with van der Waals surface area (Å²) >= 11 is 0. The molecule has 0 saturated carbocycles. The third kappa shape index (κ3) is 4.76. The zero-order valence-electron chi connectivity index (χ0n) is 15.4. The van der Waals surface area contributed by atoms with Gasteiger partial charge in [0.1, 0.15) is 12.4 Å². The van der Waals surface area contributed by atoms with E-state index in [9.17, 15) is 22.4 Å². The number of fused-ring (bicyclic) bond motifs is 1. The quantitative estimate of drug-likeness (QED) is 0.703. The summed E-state index contributed by atoms with van der Waals surface area (Å²) in [4.78, 5) is 17.8. The minimum Gasteiger partial charge on any atom is -0.403 e.